The Morgan fingerprint density at radius 3 is 2.54 bits per heavy atom. The fourth-order valence-electron chi connectivity index (χ4n) is 2.22. The molecule has 0 amide bonds. The molecule has 0 heterocycles. The minimum absolute atomic E-state index is 0.478. The van der Waals surface area contributed by atoms with Crippen LogP contribution in [0, 0.1) is 5.92 Å². The number of nitrogens with two attached hydrogens (primary N) is 1. The highest BCUT2D eigenvalue weighted by Crippen LogP contribution is 2.26. The summed E-state index contributed by atoms with van der Waals surface area (Å²) in [6.07, 6.45) is 9.24. The van der Waals surface area contributed by atoms with E-state index in [1.165, 1.54) is 44.2 Å². The molecule has 1 rings (SSSR count). The van der Waals surface area contributed by atoms with E-state index in [2.05, 4.69) is 11.9 Å². The van der Waals surface area contributed by atoms with Crippen LogP contribution in [-0.2, 0) is 0 Å². The maximum atomic E-state index is 5.48. The first kappa shape index (κ1) is 10.7. The van der Waals surface area contributed by atoms with Gasteiger partial charge in [-0.05, 0) is 25.2 Å². The number of nitrogens with zero attached hydrogens (tertiary/aromatic N) is 1. The average molecular weight is 182 g/mol. The Kier molecular flexibility index (Phi) is 5.06. The van der Waals surface area contributed by atoms with Crippen molar-refractivity contribution < 1.29 is 0 Å². The first-order chi connectivity index (χ1) is 6.38. The van der Waals surface area contributed by atoms with Gasteiger partial charge in [-0.25, -0.2) is 0 Å². The number of aliphatic imine (C=N–C) groups is 1. The minimum atomic E-state index is 0.478. The first-order valence-electron chi connectivity index (χ1n) is 5.61. The van der Waals surface area contributed by atoms with Crippen molar-refractivity contribution in [3.8, 4) is 0 Å². The molecule has 0 aromatic heterocycles. The molecule has 0 saturated heterocycles. The normalized spacial score (nSPS) is 20.6. The quantitative estimate of drug-likeness (QED) is 0.667. The lowest BCUT2D eigenvalue weighted by Crippen LogP contribution is -2.19. The highest BCUT2D eigenvalue weighted by atomic mass is 14.9. The lowest BCUT2D eigenvalue weighted by molar-refractivity contribution is 0.434. The zero-order valence-corrected chi connectivity index (χ0v) is 8.76. The van der Waals surface area contributed by atoms with Crippen LogP contribution in [0.4, 0.5) is 0 Å². The Hall–Kier alpha value is -0.370. The third kappa shape index (κ3) is 3.47. The largest absolute Gasteiger partial charge is 0.312 e. The van der Waals surface area contributed by atoms with Crippen molar-refractivity contribution in [2.45, 2.75) is 51.9 Å². The highest BCUT2D eigenvalue weighted by molar-refractivity contribution is 5.86. The van der Waals surface area contributed by atoms with E-state index in [0.717, 1.165) is 12.3 Å². The number of rotatable bonds is 4. The van der Waals surface area contributed by atoms with Crippen LogP contribution in [0.5, 0.6) is 0 Å². The number of hydrogen-bond donors (Lipinski definition) is 1. The molecule has 2 N–H and O–H groups in total. The van der Waals surface area contributed by atoms with Crippen LogP contribution in [-0.4, -0.2) is 12.4 Å². The van der Waals surface area contributed by atoms with Gasteiger partial charge in [-0.2, -0.15) is 0 Å². The van der Waals surface area contributed by atoms with Crippen molar-refractivity contribution in [1.82, 2.24) is 0 Å². The average Bonchev–Trinajstić information content (AvgIpc) is 2.19. The van der Waals surface area contributed by atoms with Gasteiger partial charge in [-0.15, -0.1) is 0 Å². The summed E-state index contributed by atoms with van der Waals surface area (Å²) >= 11 is 0. The highest BCUT2D eigenvalue weighted by Gasteiger charge is 2.17. The summed E-state index contributed by atoms with van der Waals surface area (Å²) in [5.41, 5.74) is 6.87. The molecule has 0 aliphatic heterocycles. The van der Waals surface area contributed by atoms with Crippen LogP contribution >= 0.6 is 0 Å². The second-order valence-corrected chi connectivity index (χ2v) is 3.92. The summed E-state index contributed by atoms with van der Waals surface area (Å²) in [5, 5.41) is 0. The van der Waals surface area contributed by atoms with Gasteiger partial charge in [0.25, 0.3) is 0 Å². The third-order valence-corrected chi connectivity index (χ3v) is 2.88. The Labute approximate surface area is 81.6 Å². The fourth-order valence-corrected chi connectivity index (χ4v) is 2.22. The van der Waals surface area contributed by atoms with Crippen molar-refractivity contribution in [1.29, 1.82) is 0 Å². The van der Waals surface area contributed by atoms with Gasteiger partial charge in [0.15, 0.2) is 0 Å². The monoisotopic (exact) mass is 182 g/mol. The molecule has 1 fully saturated rings. The van der Waals surface area contributed by atoms with Crippen LogP contribution in [0.2, 0.25) is 0 Å². The zero-order chi connectivity index (χ0) is 9.52. The van der Waals surface area contributed by atoms with Crippen molar-refractivity contribution >= 4 is 5.71 Å². The van der Waals surface area contributed by atoms with Crippen LogP contribution in [0.25, 0.3) is 0 Å². The van der Waals surface area contributed by atoms with Crippen LogP contribution in [0.3, 0.4) is 0 Å². The molecule has 1 saturated carbocycles. The molecule has 0 aromatic carbocycles. The SMILES string of the molecule is CCC/C(=N\CN)C1CCCCC1. The Bertz CT molecular complexity index is 157. The van der Waals surface area contributed by atoms with Crippen molar-refractivity contribution in [3.05, 3.63) is 0 Å². The molecule has 0 unspecified atom stereocenters. The molecule has 1 aliphatic carbocycles. The van der Waals surface area contributed by atoms with E-state index in [1.54, 1.807) is 0 Å². The van der Waals surface area contributed by atoms with E-state index in [0.29, 0.717) is 6.67 Å². The molecule has 0 atom stereocenters. The first-order valence-corrected chi connectivity index (χ1v) is 5.61. The third-order valence-electron chi connectivity index (χ3n) is 2.88. The Morgan fingerprint density at radius 1 is 1.31 bits per heavy atom. The summed E-state index contributed by atoms with van der Waals surface area (Å²) in [4.78, 5) is 4.43. The van der Waals surface area contributed by atoms with Gasteiger partial charge in [0.1, 0.15) is 0 Å². The molecule has 0 aromatic rings. The zero-order valence-electron chi connectivity index (χ0n) is 8.76. The summed E-state index contributed by atoms with van der Waals surface area (Å²) in [6.45, 7) is 2.70. The lowest BCUT2D eigenvalue weighted by Gasteiger charge is -2.23. The van der Waals surface area contributed by atoms with Gasteiger partial charge in [0.2, 0.25) is 0 Å². The van der Waals surface area contributed by atoms with Gasteiger partial charge in [0, 0.05) is 5.71 Å². The molecule has 1 aliphatic rings. The van der Waals surface area contributed by atoms with Crippen LogP contribution in [0.15, 0.2) is 4.99 Å². The van der Waals surface area contributed by atoms with Crippen LogP contribution < -0.4 is 5.73 Å². The van der Waals surface area contributed by atoms with Crippen molar-refractivity contribution in [3.63, 3.8) is 0 Å². The van der Waals surface area contributed by atoms with E-state index in [4.69, 9.17) is 5.73 Å². The maximum absolute atomic E-state index is 5.48. The van der Waals surface area contributed by atoms with Gasteiger partial charge in [-0.1, -0.05) is 32.6 Å². The van der Waals surface area contributed by atoms with E-state index in [-0.39, 0.29) is 0 Å². The predicted molar refractivity (Wildman–Crippen MR) is 58.0 cm³/mol. The lowest BCUT2D eigenvalue weighted by atomic mass is 9.84. The summed E-state index contributed by atoms with van der Waals surface area (Å²) in [6, 6.07) is 0. The van der Waals surface area contributed by atoms with E-state index in [1.807, 2.05) is 0 Å². The molecule has 0 spiro atoms. The molecular formula is C11H22N2. The van der Waals surface area contributed by atoms with Gasteiger partial charge >= 0.3 is 0 Å². The van der Waals surface area contributed by atoms with E-state index >= 15 is 0 Å². The molecular weight excluding hydrogens is 160 g/mol. The molecule has 0 bridgehead atoms. The standard InChI is InChI=1S/C11H22N2/c1-2-6-11(13-9-12)10-7-4-3-5-8-10/h10H,2-9,12H2,1H3/b13-11+. The number of hydrogen-bond acceptors (Lipinski definition) is 2. The van der Waals surface area contributed by atoms with Crippen molar-refractivity contribution in [2.24, 2.45) is 16.6 Å². The molecule has 2 nitrogen and oxygen atoms in total. The second-order valence-electron chi connectivity index (χ2n) is 3.92. The van der Waals surface area contributed by atoms with Gasteiger partial charge in [0.05, 0.1) is 6.67 Å². The molecule has 2 heteroatoms. The molecule has 76 valence electrons. The second kappa shape index (κ2) is 6.14. The summed E-state index contributed by atoms with van der Waals surface area (Å²) < 4.78 is 0. The van der Waals surface area contributed by atoms with E-state index in [9.17, 15) is 0 Å². The van der Waals surface area contributed by atoms with Crippen molar-refractivity contribution in [2.75, 3.05) is 6.67 Å². The van der Waals surface area contributed by atoms with E-state index < -0.39 is 0 Å². The smallest absolute Gasteiger partial charge is 0.0858 e. The summed E-state index contributed by atoms with van der Waals surface area (Å²) in [5.74, 6) is 0.761. The molecule has 0 radical (unpaired) electrons. The fraction of sp³-hybridized carbons (Fsp3) is 0.909. The Morgan fingerprint density at radius 2 is 2.00 bits per heavy atom. The summed E-state index contributed by atoms with van der Waals surface area (Å²) in [7, 11) is 0. The topological polar surface area (TPSA) is 38.4 Å². The predicted octanol–water partition coefficient (Wildman–Crippen LogP) is 2.72. The Balaban J connectivity index is 2.46. The minimum Gasteiger partial charge on any atom is -0.312 e. The van der Waals surface area contributed by atoms with Gasteiger partial charge < -0.3 is 5.73 Å². The van der Waals surface area contributed by atoms with Gasteiger partial charge in [-0.3, -0.25) is 4.99 Å². The maximum Gasteiger partial charge on any atom is 0.0858 e. The van der Waals surface area contributed by atoms with Crippen LogP contribution in [0.1, 0.15) is 51.9 Å². The molecule has 13 heavy (non-hydrogen) atoms.